The summed E-state index contributed by atoms with van der Waals surface area (Å²) >= 11 is 0.947. The zero-order chi connectivity index (χ0) is 20.0. The largest absolute Gasteiger partial charge is 0.494 e. The number of nitrogens with one attached hydrogen (secondary N) is 1. The Labute approximate surface area is 160 Å². The van der Waals surface area contributed by atoms with Crippen LogP contribution in [0.5, 0.6) is 5.75 Å². The highest BCUT2D eigenvalue weighted by Gasteiger charge is 2.44. The fraction of sp³-hybridized carbons (Fsp3) is 0.333. The van der Waals surface area contributed by atoms with Crippen molar-refractivity contribution in [2.75, 3.05) is 19.5 Å². The Morgan fingerprint density at radius 1 is 1.33 bits per heavy atom. The molecule has 0 spiro atoms. The van der Waals surface area contributed by atoms with E-state index in [0.29, 0.717) is 17.9 Å². The van der Waals surface area contributed by atoms with E-state index in [1.165, 1.54) is 7.11 Å². The van der Waals surface area contributed by atoms with E-state index in [0.717, 1.165) is 11.8 Å². The van der Waals surface area contributed by atoms with Gasteiger partial charge in [-0.3, -0.25) is 14.4 Å². The van der Waals surface area contributed by atoms with E-state index in [-0.39, 0.29) is 16.4 Å². The van der Waals surface area contributed by atoms with Crippen LogP contribution in [0.25, 0.3) is 0 Å². The van der Waals surface area contributed by atoms with Gasteiger partial charge in [0.15, 0.2) is 0 Å². The number of hydrogen-bond acceptors (Lipinski definition) is 7. The minimum atomic E-state index is -1.22. The summed E-state index contributed by atoms with van der Waals surface area (Å²) in [6.45, 7) is 2.35. The molecule has 0 saturated heterocycles. The highest BCUT2D eigenvalue weighted by molar-refractivity contribution is 8.03. The molecule has 2 rings (SSSR count). The normalized spacial score (nSPS) is 19.1. The van der Waals surface area contributed by atoms with Crippen LogP contribution in [0.1, 0.15) is 18.4 Å². The lowest BCUT2D eigenvalue weighted by atomic mass is 9.78. The molecular weight excluding hydrogens is 370 g/mol. The highest BCUT2D eigenvalue weighted by atomic mass is 32.2. The fourth-order valence-electron chi connectivity index (χ4n) is 2.76. The van der Waals surface area contributed by atoms with Crippen molar-refractivity contribution in [3.8, 4) is 11.8 Å². The SMILES string of the molecule is CCOc1ccc(C2C(C#N)=C(SCC(N)=O)NC(=O)[C@H]2C(=O)OC)cc1. The van der Waals surface area contributed by atoms with Crippen molar-refractivity contribution in [3.05, 3.63) is 40.4 Å². The maximum absolute atomic E-state index is 12.6. The van der Waals surface area contributed by atoms with E-state index in [4.69, 9.17) is 15.2 Å². The molecule has 2 atom stereocenters. The van der Waals surface area contributed by atoms with Gasteiger partial charge >= 0.3 is 5.97 Å². The van der Waals surface area contributed by atoms with Gasteiger partial charge in [0.05, 0.1) is 36.1 Å². The van der Waals surface area contributed by atoms with Gasteiger partial charge in [-0.15, -0.1) is 0 Å². The van der Waals surface area contributed by atoms with Gasteiger partial charge in [0.25, 0.3) is 0 Å². The van der Waals surface area contributed by atoms with E-state index in [2.05, 4.69) is 5.32 Å². The molecule has 0 saturated carbocycles. The molecule has 1 aliphatic rings. The summed E-state index contributed by atoms with van der Waals surface area (Å²) in [7, 11) is 1.18. The molecule has 1 unspecified atom stereocenters. The number of methoxy groups -OCH3 is 1. The van der Waals surface area contributed by atoms with Gasteiger partial charge in [-0.25, -0.2) is 0 Å². The summed E-state index contributed by atoms with van der Waals surface area (Å²) in [4.78, 5) is 35.9. The van der Waals surface area contributed by atoms with Crippen LogP contribution in [0, 0.1) is 17.2 Å². The van der Waals surface area contributed by atoms with Gasteiger partial charge in [-0.2, -0.15) is 5.26 Å². The number of benzene rings is 1. The lowest BCUT2D eigenvalue weighted by molar-refractivity contribution is -0.150. The number of carbonyl (C=O) groups is 3. The van der Waals surface area contributed by atoms with Crippen molar-refractivity contribution >= 4 is 29.5 Å². The maximum atomic E-state index is 12.6. The van der Waals surface area contributed by atoms with Gasteiger partial charge < -0.3 is 20.5 Å². The first kappa shape index (κ1) is 20.3. The second-order valence-electron chi connectivity index (χ2n) is 5.58. The molecule has 9 heteroatoms. The van der Waals surface area contributed by atoms with Gasteiger partial charge in [-0.1, -0.05) is 23.9 Å². The first-order chi connectivity index (χ1) is 12.9. The predicted octanol–water partition coefficient (Wildman–Crippen LogP) is 1.04. The van der Waals surface area contributed by atoms with Gasteiger partial charge in [0.2, 0.25) is 11.8 Å². The first-order valence-corrected chi connectivity index (χ1v) is 9.08. The lowest BCUT2D eigenvalue weighted by Crippen LogP contribution is -2.44. The smallest absolute Gasteiger partial charge is 0.319 e. The number of carbonyl (C=O) groups excluding carboxylic acids is 3. The third kappa shape index (κ3) is 4.60. The third-order valence-electron chi connectivity index (χ3n) is 3.89. The number of primary amides is 1. The minimum Gasteiger partial charge on any atom is -0.494 e. The highest BCUT2D eigenvalue weighted by Crippen LogP contribution is 2.40. The summed E-state index contributed by atoms with van der Waals surface area (Å²) in [6, 6.07) is 8.83. The van der Waals surface area contributed by atoms with Crippen LogP contribution < -0.4 is 15.8 Å². The zero-order valence-electron chi connectivity index (χ0n) is 14.9. The molecule has 2 amide bonds. The lowest BCUT2D eigenvalue weighted by Gasteiger charge is -2.30. The standard InChI is InChI=1S/C18H19N3O5S/c1-3-26-11-6-4-10(5-7-11)14-12(8-19)17(27-9-13(20)22)21-16(23)15(14)18(24)25-2/h4-7,14-15H,3,9H2,1-2H3,(H2,20,22)(H,21,23)/t14?,15-/m0/s1. The number of amides is 2. The molecule has 142 valence electrons. The zero-order valence-corrected chi connectivity index (χ0v) is 15.7. The monoisotopic (exact) mass is 389 g/mol. The van der Waals surface area contributed by atoms with Crippen LogP contribution >= 0.6 is 11.8 Å². The van der Waals surface area contributed by atoms with Crippen molar-refractivity contribution in [2.45, 2.75) is 12.8 Å². The van der Waals surface area contributed by atoms with Gasteiger partial charge in [0, 0.05) is 5.92 Å². The Bertz CT molecular complexity index is 813. The van der Waals surface area contributed by atoms with E-state index < -0.39 is 29.6 Å². The Hall–Kier alpha value is -2.99. The van der Waals surface area contributed by atoms with E-state index >= 15 is 0 Å². The fourth-order valence-corrected chi connectivity index (χ4v) is 3.55. The molecule has 0 aromatic heterocycles. The number of nitrogens with two attached hydrogens (primary N) is 1. The molecule has 0 bridgehead atoms. The Balaban J connectivity index is 2.53. The summed E-state index contributed by atoms with van der Waals surface area (Å²) in [6.07, 6.45) is 0. The van der Waals surface area contributed by atoms with E-state index in [1.54, 1.807) is 24.3 Å². The van der Waals surface area contributed by atoms with E-state index in [1.807, 2.05) is 13.0 Å². The first-order valence-electron chi connectivity index (χ1n) is 8.09. The number of ether oxygens (including phenoxy) is 2. The van der Waals surface area contributed by atoms with Crippen LogP contribution in [0.15, 0.2) is 34.9 Å². The number of nitrogens with zero attached hydrogens (tertiary/aromatic N) is 1. The number of allylic oxidation sites excluding steroid dienone is 1. The van der Waals surface area contributed by atoms with Crippen molar-refractivity contribution in [1.82, 2.24) is 5.32 Å². The summed E-state index contributed by atoms with van der Waals surface area (Å²) < 4.78 is 10.2. The number of thioether (sulfide) groups is 1. The molecule has 1 heterocycles. The number of nitriles is 1. The Kier molecular flexibility index (Phi) is 6.85. The summed E-state index contributed by atoms with van der Waals surface area (Å²) in [5, 5.41) is 12.4. The van der Waals surface area contributed by atoms with Crippen LogP contribution in [0.3, 0.4) is 0 Å². The van der Waals surface area contributed by atoms with Crippen molar-refractivity contribution in [3.63, 3.8) is 0 Å². The molecule has 27 heavy (non-hydrogen) atoms. The van der Waals surface area contributed by atoms with E-state index in [9.17, 15) is 19.6 Å². The van der Waals surface area contributed by atoms with Crippen molar-refractivity contribution in [2.24, 2.45) is 11.7 Å². The van der Waals surface area contributed by atoms with Crippen LogP contribution in [-0.4, -0.2) is 37.3 Å². The maximum Gasteiger partial charge on any atom is 0.319 e. The molecule has 0 fully saturated rings. The number of rotatable bonds is 7. The molecule has 1 aromatic rings. The van der Waals surface area contributed by atoms with Crippen molar-refractivity contribution in [1.29, 1.82) is 5.26 Å². The number of hydrogen-bond donors (Lipinski definition) is 2. The summed E-state index contributed by atoms with van der Waals surface area (Å²) in [5.74, 6) is -3.50. The minimum absolute atomic E-state index is 0.111. The third-order valence-corrected chi connectivity index (χ3v) is 4.93. The van der Waals surface area contributed by atoms with Gasteiger partial charge in [0.1, 0.15) is 11.7 Å². The molecule has 1 aromatic carbocycles. The van der Waals surface area contributed by atoms with Crippen LogP contribution in [-0.2, 0) is 19.1 Å². The predicted molar refractivity (Wildman–Crippen MR) is 98.3 cm³/mol. The van der Waals surface area contributed by atoms with Crippen LogP contribution in [0.2, 0.25) is 0 Å². The molecule has 1 aliphatic heterocycles. The Morgan fingerprint density at radius 3 is 2.52 bits per heavy atom. The van der Waals surface area contributed by atoms with Gasteiger partial charge in [-0.05, 0) is 24.6 Å². The average molecular weight is 389 g/mol. The molecule has 3 N–H and O–H groups in total. The second-order valence-corrected chi connectivity index (χ2v) is 6.56. The molecule has 0 radical (unpaired) electrons. The second kappa shape index (κ2) is 9.09. The van der Waals surface area contributed by atoms with Crippen molar-refractivity contribution < 1.29 is 23.9 Å². The van der Waals surface area contributed by atoms with Crippen LogP contribution in [0.4, 0.5) is 0 Å². The molecular formula is C18H19N3O5S. The Morgan fingerprint density at radius 2 is 2.00 bits per heavy atom. The number of esters is 1. The molecule has 0 aliphatic carbocycles. The topological polar surface area (TPSA) is 132 Å². The quantitative estimate of drug-likeness (QED) is 0.526. The molecule has 8 nitrogen and oxygen atoms in total. The average Bonchev–Trinajstić information content (AvgIpc) is 2.66. The summed E-state index contributed by atoms with van der Waals surface area (Å²) in [5.41, 5.74) is 5.90.